The molecule has 4 rings (SSSR count). The highest BCUT2D eigenvalue weighted by Gasteiger charge is 2.15. The third kappa shape index (κ3) is 5.86. The van der Waals surface area contributed by atoms with E-state index in [1.165, 1.54) is 0 Å². The molecule has 1 heterocycles. The van der Waals surface area contributed by atoms with Crippen LogP contribution in [0.1, 0.15) is 30.8 Å². The van der Waals surface area contributed by atoms with Gasteiger partial charge in [-0.1, -0.05) is 62.0 Å². The SMILES string of the molecule is COc1cc2nc(CC(C)C)nc(NCc3ccccc3Sc3ccccc3CO)c2cc1OC. The van der Waals surface area contributed by atoms with Crippen LogP contribution in [-0.4, -0.2) is 29.3 Å². The lowest BCUT2D eigenvalue weighted by atomic mass is 10.1. The molecule has 0 fully saturated rings. The molecule has 0 aliphatic heterocycles. The van der Waals surface area contributed by atoms with E-state index in [0.29, 0.717) is 24.0 Å². The standard InChI is InChI=1S/C28H31N3O3S/c1-18(2)13-27-30-22-15-24(34-4)23(33-3)14-21(22)28(31-27)29-16-19-9-5-7-11-25(19)35-26-12-8-6-10-20(26)17-32/h5-12,14-15,18,32H,13,16-17H2,1-4H3,(H,29,30,31). The van der Waals surface area contributed by atoms with Crippen LogP contribution < -0.4 is 14.8 Å². The third-order valence-corrected chi connectivity index (χ3v) is 6.86. The molecular weight excluding hydrogens is 458 g/mol. The van der Waals surface area contributed by atoms with Gasteiger partial charge in [-0.25, -0.2) is 9.97 Å². The summed E-state index contributed by atoms with van der Waals surface area (Å²) in [5.74, 6) is 3.28. The van der Waals surface area contributed by atoms with Crippen molar-refractivity contribution in [2.75, 3.05) is 19.5 Å². The second kappa shape index (κ2) is 11.4. The molecule has 3 aromatic carbocycles. The van der Waals surface area contributed by atoms with Gasteiger partial charge < -0.3 is 19.9 Å². The molecule has 0 saturated heterocycles. The Balaban J connectivity index is 1.68. The lowest BCUT2D eigenvalue weighted by Crippen LogP contribution is -2.08. The zero-order valence-electron chi connectivity index (χ0n) is 20.5. The molecule has 2 N–H and O–H groups in total. The Morgan fingerprint density at radius 2 is 1.51 bits per heavy atom. The van der Waals surface area contributed by atoms with Crippen LogP contribution in [0.2, 0.25) is 0 Å². The van der Waals surface area contributed by atoms with E-state index in [2.05, 4.69) is 31.3 Å². The first-order valence-corrected chi connectivity index (χ1v) is 12.4. The van der Waals surface area contributed by atoms with Crippen molar-refractivity contribution in [3.05, 3.63) is 77.6 Å². The maximum absolute atomic E-state index is 9.73. The summed E-state index contributed by atoms with van der Waals surface area (Å²) < 4.78 is 11.0. The number of rotatable bonds is 10. The summed E-state index contributed by atoms with van der Waals surface area (Å²) in [6, 6.07) is 20.0. The molecule has 6 nitrogen and oxygen atoms in total. The summed E-state index contributed by atoms with van der Waals surface area (Å²) in [7, 11) is 3.26. The zero-order chi connectivity index (χ0) is 24.8. The summed E-state index contributed by atoms with van der Waals surface area (Å²) in [4.78, 5) is 11.8. The van der Waals surface area contributed by atoms with Crippen molar-refractivity contribution in [1.29, 1.82) is 0 Å². The van der Waals surface area contributed by atoms with Crippen molar-refractivity contribution in [2.24, 2.45) is 5.92 Å². The van der Waals surface area contributed by atoms with E-state index in [0.717, 1.165) is 49.9 Å². The molecule has 1 aromatic heterocycles. The van der Waals surface area contributed by atoms with E-state index in [-0.39, 0.29) is 6.61 Å². The summed E-state index contributed by atoms with van der Waals surface area (Å²) in [6.45, 7) is 4.92. The number of methoxy groups -OCH3 is 2. The normalized spacial score (nSPS) is 11.1. The monoisotopic (exact) mass is 489 g/mol. The van der Waals surface area contributed by atoms with Crippen LogP contribution in [-0.2, 0) is 19.6 Å². The number of aliphatic hydroxyl groups is 1. The summed E-state index contributed by atoms with van der Waals surface area (Å²) in [6.07, 6.45) is 0.781. The van der Waals surface area contributed by atoms with Gasteiger partial charge in [0.25, 0.3) is 0 Å². The number of nitrogens with one attached hydrogen (secondary N) is 1. The van der Waals surface area contributed by atoms with Gasteiger partial charge in [0.1, 0.15) is 11.6 Å². The van der Waals surface area contributed by atoms with E-state index < -0.39 is 0 Å². The van der Waals surface area contributed by atoms with E-state index >= 15 is 0 Å². The number of aromatic nitrogens is 2. The molecule has 0 bridgehead atoms. The Morgan fingerprint density at radius 1 is 0.886 bits per heavy atom. The molecule has 0 aliphatic rings. The first kappa shape index (κ1) is 24.8. The number of ether oxygens (including phenoxy) is 2. The van der Waals surface area contributed by atoms with Crippen molar-refractivity contribution in [1.82, 2.24) is 9.97 Å². The van der Waals surface area contributed by atoms with Crippen molar-refractivity contribution in [3.8, 4) is 11.5 Å². The van der Waals surface area contributed by atoms with E-state index in [9.17, 15) is 5.11 Å². The van der Waals surface area contributed by atoms with Gasteiger partial charge in [0.05, 0.1) is 26.3 Å². The van der Waals surface area contributed by atoms with Gasteiger partial charge in [0, 0.05) is 34.2 Å². The number of fused-ring (bicyclic) bond motifs is 1. The van der Waals surface area contributed by atoms with Gasteiger partial charge in [0.2, 0.25) is 0 Å². The molecule has 0 radical (unpaired) electrons. The van der Waals surface area contributed by atoms with Gasteiger partial charge in [-0.05, 0) is 35.2 Å². The quantitative estimate of drug-likeness (QED) is 0.279. The maximum Gasteiger partial charge on any atom is 0.162 e. The van der Waals surface area contributed by atoms with Crippen LogP contribution in [0.5, 0.6) is 11.5 Å². The van der Waals surface area contributed by atoms with Crippen LogP contribution in [0, 0.1) is 5.92 Å². The van der Waals surface area contributed by atoms with E-state index in [4.69, 9.17) is 19.4 Å². The number of hydrogen-bond donors (Lipinski definition) is 2. The average Bonchev–Trinajstić information content (AvgIpc) is 2.87. The lowest BCUT2D eigenvalue weighted by Gasteiger charge is -2.16. The molecular formula is C28H31N3O3S. The van der Waals surface area contributed by atoms with Crippen molar-refractivity contribution in [3.63, 3.8) is 0 Å². The predicted octanol–water partition coefficient (Wildman–Crippen LogP) is 6.10. The van der Waals surface area contributed by atoms with Crippen LogP contribution in [0.25, 0.3) is 10.9 Å². The minimum Gasteiger partial charge on any atom is -0.493 e. The Labute approximate surface area is 210 Å². The number of nitrogens with zero attached hydrogens (tertiary/aromatic N) is 2. The molecule has 0 amide bonds. The largest absolute Gasteiger partial charge is 0.493 e. The number of hydrogen-bond acceptors (Lipinski definition) is 7. The first-order chi connectivity index (χ1) is 17.0. The number of benzene rings is 3. The van der Waals surface area contributed by atoms with E-state index in [1.807, 2.05) is 48.5 Å². The lowest BCUT2D eigenvalue weighted by molar-refractivity contribution is 0.279. The highest BCUT2D eigenvalue weighted by atomic mass is 32.2. The smallest absolute Gasteiger partial charge is 0.162 e. The van der Waals surface area contributed by atoms with E-state index in [1.54, 1.807) is 26.0 Å². The van der Waals surface area contributed by atoms with Crippen molar-refractivity contribution < 1.29 is 14.6 Å². The summed E-state index contributed by atoms with van der Waals surface area (Å²) in [5.41, 5.74) is 2.87. The number of aliphatic hydroxyl groups excluding tert-OH is 1. The van der Waals surface area contributed by atoms with Gasteiger partial charge >= 0.3 is 0 Å². The fourth-order valence-electron chi connectivity index (χ4n) is 3.88. The van der Waals surface area contributed by atoms with Crippen molar-refractivity contribution >= 4 is 28.5 Å². The van der Waals surface area contributed by atoms with Crippen LogP contribution in [0.3, 0.4) is 0 Å². The third-order valence-electron chi connectivity index (χ3n) is 5.62. The Kier molecular flexibility index (Phi) is 8.10. The van der Waals surface area contributed by atoms with Gasteiger partial charge in [-0.3, -0.25) is 0 Å². The highest BCUT2D eigenvalue weighted by molar-refractivity contribution is 7.99. The second-order valence-electron chi connectivity index (χ2n) is 8.64. The van der Waals surface area contributed by atoms with Gasteiger partial charge in [0.15, 0.2) is 11.5 Å². The molecule has 35 heavy (non-hydrogen) atoms. The minimum atomic E-state index is 0.0143. The molecule has 7 heteroatoms. The van der Waals surface area contributed by atoms with Crippen LogP contribution in [0.15, 0.2) is 70.5 Å². The Hall–Kier alpha value is -3.29. The highest BCUT2D eigenvalue weighted by Crippen LogP contribution is 2.36. The van der Waals surface area contributed by atoms with Crippen LogP contribution >= 0.6 is 11.8 Å². The fraction of sp³-hybridized carbons (Fsp3) is 0.286. The van der Waals surface area contributed by atoms with Crippen molar-refractivity contribution in [2.45, 2.75) is 43.2 Å². The average molecular weight is 490 g/mol. The molecule has 182 valence electrons. The first-order valence-electron chi connectivity index (χ1n) is 11.6. The molecule has 0 spiro atoms. The predicted molar refractivity (Wildman–Crippen MR) is 141 cm³/mol. The molecule has 0 atom stereocenters. The van der Waals surface area contributed by atoms with Gasteiger partial charge in [-0.2, -0.15) is 0 Å². The Morgan fingerprint density at radius 3 is 2.17 bits per heavy atom. The fourth-order valence-corrected chi connectivity index (χ4v) is 4.94. The molecule has 4 aromatic rings. The second-order valence-corrected chi connectivity index (χ2v) is 9.72. The summed E-state index contributed by atoms with van der Waals surface area (Å²) in [5, 5.41) is 14.2. The van der Waals surface area contributed by atoms with Crippen LogP contribution in [0.4, 0.5) is 5.82 Å². The zero-order valence-corrected chi connectivity index (χ0v) is 21.4. The molecule has 0 saturated carbocycles. The maximum atomic E-state index is 9.73. The van der Waals surface area contributed by atoms with Gasteiger partial charge in [-0.15, -0.1) is 0 Å². The molecule has 0 unspecified atom stereocenters. The Bertz CT molecular complexity index is 1310. The minimum absolute atomic E-state index is 0.0143. The summed E-state index contributed by atoms with van der Waals surface area (Å²) >= 11 is 1.66. The molecule has 0 aliphatic carbocycles. The number of anilines is 1. The topological polar surface area (TPSA) is 76.5 Å².